The predicted octanol–water partition coefficient (Wildman–Crippen LogP) is 4.39. The number of aliphatic imine (C=N–C) groups is 1. The van der Waals surface area contributed by atoms with Crippen molar-refractivity contribution in [2.24, 2.45) is 4.99 Å². The van der Waals surface area contributed by atoms with Crippen molar-refractivity contribution in [2.75, 3.05) is 14.1 Å². The van der Waals surface area contributed by atoms with Crippen molar-refractivity contribution >= 4 is 28.7 Å². The second-order valence-electron chi connectivity index (χ2n) is 8.82. The number of amidine groups is 1. The molecule has 2 aromatic carbocycles. The van der Waals surface area contributed by atoms with Crippen molar-refractivity contribution in [3.63, 3.8) is 0 Å². The summed E-state index contributed by atoms with van der Waals surface area (Å²) in [7, 11) is 3.74. The fraction of sp³-hybridized carbons (Fsp3) is 0.346. The topological polar surface area (TPSA) is 86.8 Å². The molecule has 0 radical (unpaired) electrons. The van der Waals surface area contributed by atoms with Gasteiger partial charge < -0.3 is 19.9 Å². The fourth-order valence-electron chi connectivity index (χ4n) is 4.05. The Balaban J connectivity index is 1.33. The summed E-state index contributed by atoms with van der Waals surface area (Å²) >= 11 is 0. The first-order chi connectivity index (χ1) is 15.9. The molecular formula is C26H30N4O3. The van der Waals surface area contributed by atoms with Gasteiger partial charge in [0.25, 0.3) is 5.91 Å². The number of nitrogens with one attached hydrogen (secondary N) is 2. The summed E-state index contributed by atoms with van der Waals surface area (Å²) in [5, 5.41) is 4.09. The molecule has 172 valence electrons. The number of carbonyl (C=O) groups is 2. The maximum atomic E-state index is 12.3. The molecule has 0 aliphatic heterocycles. The van der Waals surface area contributed by atoms with Gasteiger partial charge in [0, 0.05) is 37.2 Å². The third-order valence-corrected chi connectivity index (χ3v) is 6.18. The molecule has 0 bridgehead atoms. The molecule has 7 nitrogen and oxygen atoms in total. The summed E-state index contributed by atoms with van der Waals surface area (Å²) in [4.78, 5) is 33.7. The van der Waals surface area contributed by atoms with Crippen molar-refractivity contribution in [1.82, 2.24) is 15.2 Å². The molecule has 7 heteroatoms. The van der Waals surface area contributed by atoms with Crippen molar-refractivity contribution in [3.05, 3.63) is 71.4 Å². The first-order valence-electron chi connectivity index (χ1n) is 11.2. The molecule has 1 heterocycles. The molecule has 0 atom stereocenters. The van der Waals surface area contributed by atoms with Gasteiger partial charge in [-0.25, -0.2) is 9.79 Å². The minimum absolute atomic E-state index is 0.108. The summed E-state index contributed by atoms with van der Waals surface area (Å²) in [6, 6.07) is 15.8. The first kappa shape index (κ1) is 22.6. The van der Waals surface area contributed by atoms with E-state index in [2.05, 4.69) is 21.4 Å². The smallest absolute Gasteiger partial charge is 0.407 e. The normalized spacial score (nSPS) is 18.0. The summed E-state index contributed by atoms with van der Waals surface area (Å²) in [5.74, 6) is 0.899. The van der Waals surface area contributed by atoms with Gasteiger partial charge in [0.15, 0.2) is 0 Å². The van der Waals surface area contributed by atoms with E-state index in [0.717, 1.165) is 34.9 Å². The number of carbonyl (C=O) groups excluding carboxylic acids is 2. The number of benzene rings is 2. The maximum absolute atomic E-state index is 12.3. The van der Waals surface area contributed by atoms with Gasteiger partial charge in [0.05, 0.1) is 6.42 Å². The molecule has 1 aromatic heterocycles. The average Bonchev–Trinajstić information content (AvgIpc) is 3.17. The van der Waals surface area contributed by atoms with Gasteiger partial charge in [-0.2, -0.15) is 0 Å². The maximum Gasteiger partial charge on any atom is 0.407 e. The van der Waals surface area contributed by atoms with E-state index in [0.29, 0.717) is 11.8 Å². The molecule has 0 spiro atoms. The average molecular weight is 447 g/mol. The summed E-state index contributed by atoms with van der Waals surface area (Å²) in [6.45, 7) is 2.09. The fourth-order valence-corrected chi connectivity index (χ4v) is 4.05. The Morgan fingerprint density at radius 2 is 1.88 bits per heavy atom. The molecule has 33 heavy (non-hydrogen) atoms. The lowest BCUT2D eigenvalue weighted by Gasteiger charge is -2.35. The Morgan fingerprint density at radius 3 is 2.61 bits per heavy atom. The van der Waals surface area contributed by atoms with Gasteiger partial charge in [-0.1, -0.05) is 36.4 Å². The van der Waals surface area contributed by atoms with E-state index >= 15 is 0 Å². The number of aromatic nitrogens is 1. The Bertz CT molecular complexity index is 1160. The van der Waals surface area contributed by atoms with Crippen LogP contribution in [-0.2, 0) is 22.6 Å². The van der Waals surface area contributed by atoms with Gasteiger partial charge in [-0.05, 0) is 54.5 Å². The predicted molar refractivity (Wildman–Crippen MR) is 129 cm³/mol. The number of rotatable bonds is 6. The van der Waals surface area contributed by atoms with Gasteiger partial charge in [0.2, 0.25) is 0 Å². The van der Waals surface area contributed by atoms with Gasteiger partial charge in [-0.3, -0.25) is 4.79 Å². The molecule has 0 unspecified atom stereocenters. The van der Waals surface area contributed by atoms with Crippen LogP contribution in [0.1, 0.15) is 42.4 Å². The van der Waals surface area contributed by atoms with Crippen molar-refractivity contribution in [1.29, 1.82) is 0 Å². The zero-order valence-electron chi connectivity index (χ0n) is 19.3. The quantitative estimate of drug-likeness (QED) is 0.434. The van der Waals surface area contributed by atoms with E-state index in [1.54, 1.807) is 0 Å². The minimum Gasteiger partial charge on any atom is -0.445 e. The zero-order chi connectivity index (χ0) is 23.4. The van der Waals surface area contributed by atoms with Crippen LogP contribution >= 0.6 is 0 Å². The van der Waals surface area contributed by atoms with Crippen LogP contribution in [0.15, 0.2) is 59.7 Å². The zero-order valence-corrected chi connectivity index (χ0v) is 19.3. The van der Waals surface area contributed by atoms with Crippen LogP contribution in [0.2, 0.25) is 0 Å². The molecule has 3 aromatic rings. The van der Waals surface area contributed by atoms with Crippen LogP contribution in [-0.4, -0.2) is 47.9 Å². The highest BCUT2D eigenvalue weighted by Gasteiger charge is 2.33. The standard InChI is InChI=1S/C26H30N4O3/c1-17(30(2)3)28-25(31)12-19-9-10-24-22(11-19)23(15-27-24)20-13-21(14-20)29-26(32)33-16-18-7-5-4-6-8-18/h4-11,15,20-21,27H,12-14,16H2,1-3H3,(H,29,32). The Kier molecular flexibility index (Phi) is 6.77. The number of hydrogen-bond donors (Lipinski definition) is 2. The number of nitrogens with zero attached hydrogens (tertiary/aromatic N) is 2. The monoisotopic (exact) mass is 446 g/mol. The number of H-pyrrole nitrogens is 1. The second kappa shape index (κ2) is 9.90. The SMILES string of the molecule is CC(=NC(=O)Cc1ccc2[nH]cc(C3CC(NC(=O)OCc4ccccc4)C3)c2c1)N(C)C. The van der Waals surface area contributed by atoms with E-state index in [9.17, 15) is 9.59 Å². The summed E-state index contributed by atoms with van der Waals surface area (Å²) < 4.78 is 5.32. The molecule has 1 aliphatic carbocycles. The molecule has 1 aliphatic rings. The van der Waals surface area contributed by atoms with Gasteiger partial charge in [-0.15, -0.1) is 0 Å². The number of ether oxygens (including phenoxy) is 1. The molecule has 0 saturated heterocycles. The van der Waals surface area contributed by atoms with E-state index in [4.69, 9.17) is 4.74 Å². The summed E-state index contributed by atoms with van der Waals surface area (Å²) in [5.41, 5.74) is 4.19. The van der Waals surface area contributed by atoms with Crippen molar-refractivity contribution in [3.8, 4) is 0 Å². The third-order valence-electron chi connectivity index (χ3n) is 6.18. The van der Waals surface area contributed by atoms with E-state index in [1.807, 2.05) is 74.6 Å². The number of aromatic amines is 1. The number of alkyl carbamates (subject to hydrolysis) is 1. The largest absolute Gasteiger partial charge is 0.445 e. The van der Waals surface area contributed by atoms with Crippen LogP contribution in [0.25, 0.3) is 10.9 Å². The second-order valence-corrected chi connectivity index (χ2v) is 8.82. The van der Waals surface area contributed by atoms with Crippen molar-refractivity contribution < 1.29 is 14.3 Å². The Hall–Kier alpha value is -3.61. The molecular weight excluding hydrogens is 416 g/mol. The van der Waals surface area contributed by atoms with Crippen LogP contribution in [0.3, 0.4) is 0 Å². The lowest BCUT2D eigenvalue weighted by Crippen LogP contribution is -2.43. The number of fused-ring (bicyclic) bond motifs is 1. The van der Waals surface area contributed by atoms with Gasteiger partial charge >= 0.3 is 6.09 Å². The Morgan fingerprint density at radius 1 is 1.12 bits per heavy atom. The molecule has 4 rings (SSSR count). The van der Waals surface area contributed by atoms with Crippen LogP contribution in [0, 0.1) is 0 Å². The Labute approximate surface area is 193 Å². The molecule has 2 N–H and O–H groups in total. The highest BCUT2D eigenvalue weighted by Crippen LogP contribution is 2.40. The van der Waals surface area contributed by atoms with E-state index in [1.165, 1.54) is 5.56 Å². The highest BCUT2D eigenvalue weighted by molar-refractivity contribution is 5.94. The molecule has 1 saturated carbocycles. The summed E-state index contributed by atoms with van der Waals surface area (Å²) in [6.07, 6.45) is 3.66. The van der Waals surface area contributed by atoms with E-state index in [-0.39, 0.29) is 31.1 Å². The van der Waals surface area contributed by atoms with E-state index < -0.39 is 0 Å². The number of hydrogen-bond acceptors (Lipinski definition) is 3. The lowest BCUT2D eigenvalue weighted by atomic mass is 9.76. The molecule has 1 fully saturated rings. The minimum atomic E-state index is -0.379. The van der Waals surface area contributed by atoms with Gasteiger partial charge in [0.1, 0.15) is 12.4 Å². The van der Waals surface area contributed by atoms with Crippen LogP contribution in [0.5, 0.6) is 0 Å². The lowest BCUT2D eigenvalue weighted by molar-refractivity contribution is -0.117. The van der Waals surface area contributed by atoms with Crippen molar-refractivity contribution in [2.45, 2.75) is 44.8 Å². The third kappa shape index (κ3) is 5.61. The number of amides is 2. The highest BCUT2D eigenvalue weighted by atomic mass is 16.5. The molecule has 2 amide bonds. The van der Waals surface area contributed by atoms with Crippen LogP contribution < -0.4 is 5.32 Å². The first-order valence-corrected chi connectivity index (χ1v) is 11.2. The van der Waals surface area contributed by atoms with Crippen LogP contribution in [0.4, 0.5) is 4.79 Å².